The average Bonchev–Trinajstić information content (AvgIpc) is 2.17. The average molecular weight is 217 g/mol. The van der Waals surface area contributed by atoms with Crippen molar-refractivity contribution in [1.29, 1.82) is 0 Å². The highest BCUT2D eigenvalue weighted by molar-refractivity contribution is 6.27. The van der Waals surface area contributed by atoms with E-state index in [4.69, 9.17) is 24.5 Å². The summed E-state index contributed by atoms with van der Waals surface area (Å²) in [5.74, 6) is -3.65. The van der Waals surface area contributed by atoms with E-state index in [1.807, 2.05) is 0 Å². The molecule has 2 saturated heterocycles. The van der Waals surface area contributed by atoms with Gasteiger partial charge >= 0.3 is 11.9 Å². The molecule has 0 aromatic rings. The number of hydrogen-bond acceptors (Lipinski definition) is 4. The number of carbonyl (C=O) groups is 2. The molecule has 0 aromatic heterocycles. The van der Waals surface area contributed by atoms with Crippen LogP contribution in [0.5, 0.6) is 0 Å². The van der Waals surface area contributed by atoms with Gasteiger partial charge in [0.2, 0.25) is 0 Å². The maximum atomic E-state index is 9.10. The molecule has 0 aromatic carbocycles. The van der Waals surface area contributed by atoms with E-state index in [1.165, 1.54) is 25.9 Å². The number of nitrogens with one attached hydrogen (secondary N) is 1. The van der Waals surface area contributed by atoms with Crippen LogP contribution in [0.2, 0.25) is 0 Å². The van der Waals surface area contributed by atoms with Gasteiger partial charge in [-0.05, 0) is 19.4 Å². The van der Waals surface area contributed by atoms with Crippen molar-refractivity contribution in [3.63, 3.8) is 0 Å². The van der Waals surface area contributed by atoms with E-state index in [0.717, 1.165) is 13.2 Å². The maximum Gasteiger partial charge on any atom is 0.414 e. The Morgan fingerprint density at radius 1 is 1.20 bits per heavy atom. The van der Waals surface area contributed by atoms with Gasteiger partial charge in [0.1, 0.15) is 0 Å². The SMILES string of the molecule is C1CNCC2(C1)COC2.O=C(O)C(=O)O. The van der Waals surface area contributed by atoms with E-state index in [1.54, 1.807) is 0 Å². The first-order valence-corrected chi connectivity index (χ1v) is 4.80. The van der Waals surface area contributed by atoms with Gasteiger partial charge < -0.3 is 20.3 Å². The molecule has 2 aliphatic heterocycles. The Morgan fingerprint density at radius 2 is 1.80 bits per heavy atom. The predicted octanol–water partition coefficient (Wildman–Crippen LogP) is -0.458. The van der Waals surface area contributed by atoms with Crippen molar-refractivity contribution < 1.29 is 24.5 Å². The van der Waals surface area contributed by atoms with Crippen molar-refractivity contribution in [2.24, 2.45) is 5.41 Å². The Kier molecular flexibility index (Phi) is 4.05. The van der Waals surface area contributed by atoms with E-state index >= 15 is 0 Å². The summed E-state index contributed by atoms with van der Waals surface area (Å²) in [6, 6.07) is 0. The zero-order valence-electron chi connectivity index (χ0n) is 8.36. The molecule has 0 bridgehead atoms. The second kappa shape index (κ2) is 5.09. The Morgan fingerprint density at radius 3 is 2.00 bits per heavy atom. The first-order valence-electron chi connectivity index (χ1n) is 4.80. The Balaban J connectivity index is 0.000000167. The lowest BCUT2D eigenvalue weighted by molar-refractivity contribution is -0.159. The van der Waals surface area contributed by atoms with E-state index in [0.29, 0.717) is 5.41 Å². The van der Waals surface area contributed by atoms with Crippen LogP contribution in [0.25, 0.3) is 0 Å². The van der Waals surface area contributed by atoms with Gasteiger partial charge in [0.05, 0.1) is 13.2 Å². The molecule has 1 spiro atoms. The maximum absolute atomic E-state index is 9.10. The highest BCUT2D eigenvalue weighted by Gasteiger charge is 2.39. The van der Waals surface area contributed by atoms with Gasteiger partial charge in [-0.3, -0.25) is 0 Å². The molecule has 0 saturated carbocycles. The summed E-state index contributed by atoms with van der Waals surface area (Å²) in [6.45, 7) is 4.40. The fourth-order valence-electron chi connectivity index (χ4n) is 1.67. The Bertz CT molecular complexity index is 229. The van der Waals surface area contributed by atoms with Gasteiger partial charge in [0.15, 0.2) is 0 Å². The third kappa shape index (κ3) is 3.49. The molecular weight excluding hydrogens is 202 g/mol. The van der Waals surface area contributed by atoms with Gasteiger partial charge in [-0.15, -0.1) is 0 Å². The topological polar surface area (TPSA) is 95.9 Å². The number of piperidine rings is 1. The van der Waals surface area contributed by atoms with Crippen LogP contribution in [-0.4, -0.2) is 48.5 Å². The summed E-state index contributed by atoms with van der Waals surface area (Å²) in [5.41, 5.74) is 0.568. The molecule has 86 valence electrons. The molecule has 2 aliphatic rings. The third-order valence-electron chi connectivity index (χ3n) is 2.56. The van der Waals surface area contributed by atoms with Crippen molar-refractivity contribution in [3.8, 4) is 0 Å². The molecule has 0 aliphatic carbocycles. The summed E-state index contributed by atoms with van der Waals surface area (Å²) < 4.78 is 5.18. The molecule has 3 N–H and O–H groups in total. The van der Waals surface area contributed by atoms with Gasteiger partial charge in [-0.2, -0.15) is 0 Å². The standard InChI is InChI=1S/C7H13NO.C2H2O4/c1-2-7(4-8-3-1)5-9-6-7;3-1(4)2(5)6/h8H,1-6H2;(H,3,4)(H,5,6). The lowest BCUT2D eigenvalue weighted by atomic mass is 9.79. The zero-order valence-corrected chi connectivity index (χ0v) is 8.36. The number of carboxylic acids is 2. The fourth-order valence-corrected chi connectivity index (χ4v) is 1.67. The van der Waals surface area contributed by atoms with Crippen LogP contribution in [0, 0.1) is 5.41 Å². The van der Waals surface area contributed by atoms with Crippen molar-refractivity contribution >= 4 is 11.9 Å². The molecule has 6 heteroatoms. The van der Waals surface area contributed by atoms with Crippen LogP contribution >= 0.6 is 0 Å². The minimum absolute atomic E-state index is 0.568. The normalized spacial score (nSPS) is 22.1. The third-order valence-corrected chi connectivity index (χ3v) is 2.56. The van der Waals surface area contributed by atoms with Gasteiger partial charge in [-0.25, -0.2) is 9.59 Å². The Hall–Kier alpha value is -1.14. The first-order chi connectivity index (χ1) is 7.06. The van der Waals surface area contributed by atoms with Crippen LogP contribution in [0.15, 0.2) is 0 Å². The van der Waals surface area contributed by atoms with Crippen LogP contribution in [0.3, 0.4) is 0 Å². The lowest BCUT2D eigenvalue weighted by Crippen LogP contribution is -2.52. The van der Waals surface area contributed by atoms with Crippen LogP contribution < -0.4 is 5.32 Å². The summed E-state index contributed by atoms with van der Waals surface area (Å²) in [6.07, 6.45) is 2.71. The smallest absolute Gasteiger partial charge is 0.414 e. The molecule has 2 rings (SSSR count). The first kappa shape index (κ1) is 11.9. The second-order valence-corrected chi connectivity index (χ2v) is 3.88. The molecule has 0 atom stereocenters. The highest BCUT2D eigenvalue weighted by atomic mass is 16.5. The van der Waals surface area contributed by atoms with Crippen molar-refractivity contribution in [2.45, 2.75) is 12.8 Å². The largest absolute Gasteiger partial charge is 0.473 e. The number of ether oxygens (including phenoxy) is 1. The molecule has 6 nitrogen and oxygen atoms in total. The highest BCUT2D eigenvalue weighted by Crippen LogP contribution is 2.33. The van der Waals surface area contributed by atoms with Crippen molar-refractivity contribution in [1.82, 2.24) is 5.32 Å². The number of rotatable bonds is 0. The van der Waals surface area contributed by atoms with Crippen LogP contribution in [0.4, 0.5) is 0 Å². The molecule has 2 heterocycles. The quantitative estimate of drug-likeness (QED) is 0.475. The molecular formula is C9H15NO5. The second-order valence-electron chi connectivity index (χ2n) is 3.88. The fraction of sp³-hybridized carbons (Fsp3) is 0.778. The zero-order chi connectivity index (χ0) is 11.3. The van der Waals surface area contributed by atoms with Crippen molar-refractivity contribution in [2.75, 3.05) is 26.3 Å². The summed E-state index contributed by atoms with van der Waals surface area (Å²) in [4.78, 5) is 18.2. The van der Waals surface area contributed by atoms with Crippen LogP contribution in [0.1, 0.15) is 12.8 Å². The molecule has 15 heavy (non-hydrogen) atoms. The minimum Gasteiger partial charge on any atom is -0.473 e. The van der Waals surface area contributed by atoms with Gasteiger partial charge in [0.25, 0.3) is 0 Å². The number of carboxylic acid groups (broad SMARTS) is 2. The number of aliphatic carboxylic acids is 2. The van der Waals surface area contributed by atoms with Gasteiger partial charge in [0, 0.05) is 12.0 Å². The summed E-state index contributed by atoms with van der Waals surface area (Å²) >= 11 is 0. The van der Waals surface area contributed by atoms with Crippen LogP contribution in [-0.2, 0) is 14.3 Å². The summed E-state index contributed by atoms with van der Waals surface area (Å²) in [7, 11) is 0. The minimum atomic E-state index is -1.82. The lowest BCUT2D eigenvalue weighted by Gasteiger charge is -2.44. The van der Waals surface area contributed by atoms with Crippen molar-refractivity contribution in [3.05, 3.63) is 0 Å². The molecule has 2 fully saturated rings. The van der Waals surface area contributed by atoms with E-state index < -0.39 is 11.9 Å². The number of hydrogen-bond donors (Lipinski definition) is 3. The molecule has 0 unspecified atom stereocenters. The van der Waals surface area contributed by atoms with E-state index in [2.05, 4.69) is 5.32 Å². The van der Waals surface area contributed by atoms with E-state index in [9.17, 15) is 0 Å². The monoisotopic (exact) mass is 217 g/mol. The van der Waals surface area contributed by atoms with Gasteiger partial charge in [-0.1, -0.05) is 0 Å². The summed E-state index contributed by atoms with van der Waals surface area (Å²) in [5, 5.41) is 18.2. The molecule has 0 radical (unpaired) electrons. The molecule has 0 amide bonds. The predicted molar refractivity (Wildman–Crippen MR) is 50.6 cm³/mol. The Labute approximate surface area is 87.2 Å². The van der Waals surface area contributed by atoms with E-state index in [-0.39, 0.29) is 0 Å².